The van der Waals surface area contributed by atoms with E-state index in [0.717, 1.165) is 24.9 Å². The molecule has 33 heavy (non-hydrogen) atoms. The molecule has 1 saturated heterocycles. The summed E-state index contributed by atoms with van der Waals surface area (Å²) in [5.74, 6) is 3.24. The van der Waals surface area contributed by atoms with Gasteiger partial charge in [-0.1, -0.05) is 11.6 Å². The SMILES string of the molecule is Br.COc1cc2c(Nc3ccc(Br)c(Cl)c3F)ncnc2cc1OC[C@H]1C[C@H]2CNC[C@H]2C1. The van der Waals surface area contributed by atoms with Crippen LogP contribution < -0.4 is 20.1 Å². The molecule has 2 aliphatic rings. The van der Waals surface area contributed by atoms with E-state index in [-0.39, 0.29) is 27.7 Å². The summed E-state index contributed by atoms with van der Waals surface area (Å²) in [6.45, 7) is 2.91. The lowest BCUT2D eigenvalue weighted by Crippen LogP contribution is -2.15. The fraction of sp³-hybridized carbons (Fsp3) is 0.391. The predicted octanol–water partition coefficient (Wildman–Crippen LogP) is 6.14. The summed E-state index contributed by atoms with van der Waals surface area (Å²) in [6.07, 6.45) is 3.83. The molecule has 3 atom stereocenters. The molecule has 2 N–H and O–H groups in total. The van der Waals surface area contributed by atoms with Gasteiger partial charge in [-0.25, -0.2) is 14.4 Å². The first kappa shape index (κ1) is 24.4. The average molecular weight is 603 g/mol. The Morgan fingerprint density at radius 1 is 1.18 bits per heavy atom. The van der Waals surface area contributed by atoms with Crippen molar-refractivity contribution in [3.8, 4) is 11.5 Å². The third-order valence-electron chi connectivity index (χ3n) is 6.44. The molecule has 1 aliphatic carbocycles. The highest BCUT2D eigenvalue weighted by Crippen LogP contribution is 2.40. The van der Waals surface area contributed by atoms with Gasteiger partial charge in [0.15, 0.2) is 17.3 Å². The second-order valence-electron chi connectivity index (χ2n) is 8.42. The molecular weight excluding hydrogens is 579 g/mol. The van der Waals surface area contributed by atoms with E-state index in [0.29, 0.717) is 45.2 Å². The highest BCUT2D eigenvalue weighted by atomic mass is 79.9. The molecule has 6 nitrogen and oxygen atoms in total. The summed E-state index contributed by atoms with van der Waals surface area (Å²) in [5.41, 5.74) is 0.896. The van der Waals surface area contributed by atoms with E-state index in [4.69, 9.17) is 21.1 Å². The van der Waals surface area contributed by atoms with Crippen molar-refractivity contribution in [1.29, 1.82) is 0 Å². The zero-order valence-corrected chi connectivity index (χ0v) is 22.0. The highest BCUT2D eigenvalue weighted by molar-refractivity contribution is 9.10. The van der Waals surface area contributed by atoms with Crippen molar-refractivity contribution in [3.05, 3.63) is 45.9 Å². The van der Waals surface area contributed by atoms with Crippen LogP contribution >= 0.6 is 44.5 Å². The molecule has 2 fully saturated rings. The zero-order chi connectivity index (χ0) is 22.2. The largest absolute Gasteiger partial charge is 0.493 e. The average Bonchev–Trinajstić information content (AvgIpc) is 3.39. The van der Waals surface area contributed by atoms with Crippen LogP contribution in [-0.2, 0) is 0 Å². The summed E-state index contributed by atoms with van der Waals surface area (Å²) < 4.78 is 26.8. The number of benzene rings is 2. The lowest BCUT2D eigenvalue weighted by molar-refractivity contribution is 0.234. The van der Waals surface area contributed by atoms with E-state index >= 15 is 0 Å². The quantitative estimate of drug-likeness (QED) is 0.331. The maximum absolute atomic E-state index is 14.6. The van der Waals surface area contributed by atoms with Gasteiger partial charge in [-0.3, -0.25) is 0 Å². The van der Waals surface area contributed by atoms with E-state index in [1.54, 1.807) is 19.2 Å². The van der Waals surface area contributed by atoms with E-state index in [2.05, 4.69) is 36.5 Å². The lowest BCUT2D eigenvalue weighted by Gasteiger charge is -2.17. The van der Waals surface area contributed by atoms with E-state index in [1.807, 2.05) is 12.1 Å². The Labute approximate surface area is 215 Å². The van der Waals surface area contributed by atoms with Crippen LogP contribution in [0.15, 0.2) is 35.1 Å². The molecule has 0 spiro atoms. The van der Waals surface area contributed by atoms with Crippen LogP contribution in [0.5, 0.6) is 11.5 Å². The van der Waals surface area contributed by atoms with Crippen molar-refractivity contribution in [3.63, 3.8) is 0 Å². The minimum Gasteiger partial charge on any atom is -0.493 e. The summed E-state index contributed by atoms with van der Waals surface area (Å²) in [7, 11) is 1.60. The number of ether oxygens (including phenoxy) is 2. The molecule has 0 bridgehead atoms. The summed E-state index contributed by atoms with van der Waals surface area (Å²) in [4.78, 5) is 8.67. The molecule has 176 valence electrons. The maximum Gasteiger partial charge on any atom is 0.166 e. The molecule has 0 amide bonds. The van der Waals surface area contributed by atoms with Gasteiger partial charge in [0.1, 0.15) is 12.1 Å². The number of anilines is 2. The Kier molecular flexibility index (Phi) is 7.63. The van der Waals surface area contributed by atoms with Gasteiger partial charge in [0.2, 0.25) is 0 Å². The van der Waals surface area contributed by atoms with Crippen LogP contribution in [0.4, 0.5) is 15.9 Å². The van der Waals surface area contributed by atoms with Crippen LogP contribution in [0, 0.1) is 23.6 Å². The normalized spacial score (nSPS) is 21.5. The van der Waals surface area contributed by atoms with Gasteiger partial charge < -0.3 is 20.1 Å². The maximum atomic E-state index is 14.6. The fourth-order valence-corrected chi connectivity index (χ4v) is 5.29. The van der Waals surface area contributed by atoms with Crippen molar-refractivity contribution < 1.29 is 13.9 Å². The number of rotatable bonds is 6. The predicted molar refractivity (Wildman–Crippen MR) is 137 cm³/mol. The topological polar surface area (TPSA) is 68.3 Å². The minimum atomic E-state index is -0.559. The molecule has 5 rings (SSSR count). The number of hydrogen-bond donors (Lipinski definition) is 2. The molecule has 0 radical (unpaired) electrons. The van der Waals surface area contributed by atoms with Crippen LogP contribution in [0.25, 0.3) is 10.9 Å². The molecule has 3 aromatic rings. The standard InChI is InChI=1S/C23H23BrClFN4O2.BrH/c1-31-19-6-15-18(7-20(19)32-10-12-4-13-8-27-9-14(13)5-12)28-11-29-23(15)30-17-3-2-16(24)21(25)22(17)26;/h2-3,6-7,11-14,27H,4-5,8-10H2,1H3,(H,28,29,30);1H/t12-,13-,14+;. The first-order chi connectivity index (χ1) is 15.5. The minimum absolute atomic E-state index is 0. The lowest BCUT2D eigenvalue weighted by atomic mass is 10.0. The van der Waals surface area contributed by atoms with Gasteiger partial charge in [-0.05, 0) is 77.8 Å². The van der Waals surface area contributed by atoms with Crippen molar-refractivity contribution in [2.24, 2.45) is 17.8 Å². The van der Waals surface area contributed by atoms with Gasteiger partial charge in [0.05, 0.1) is 29.9 Å². The van der Waals surface area contributed by atoms with E-state index in [1.165, 1.54) is 19.2 Å². The van der Waals surface area contributed by atoms with E-state index < -0.39 is 5.82 Å². The third-order valence-corrected chi connectivity index (χ3v) is 7.69. The molecule has 10 heteroatoms. The van der Waals surface area contributed by atoms with Gasteiger partial charge in [0, 0.05) is 15.9 Å². The Morgan fingerprint density at radius 3 is 2.67 bits per heavy atom. The Bertz CT molecular complexity index is 1160. The third kappa shape index (κ3) is 4.92. The van der Waals surface area contributed by atoms with Crippen LogP contribution in [-0.4, -0.2) is 36.8 Å². The monoisotopic (exact) mass is 600 g/mol. The van der Waals surface area contributed by atoms with Gasteiger partial charge in [-0.15, -0.1) is 17.0 Å². The first-order valence-electron chi connectivity index (χ1n) is 10.6. The Hall–Kier alpha value is -1.68. The molecule has 2 heterocycles. The Balaban J connectivity index is 0.00000259. The molecule has 1 saturated carbocycles. The summed E-state index contributed by atoms with van der Waals surface area (Å²) >= 11 is 9.25. The van der Waals surface area contributed by atoms with Gasteiger partial charge in [-0.2, -0.15) is 0 Å². The smallest absolute Gasteiger partial charge is 0.166 e. The van der Waals surface area contributed by atoms with Crippen molar-refractivity contribution in [1.82, 2.24) is 15.3 Å². The van der Waals surface area contributed by atoms with Crippen LogP contribution in [0.3, 0.4) is 0 Å². The zero-order valence-electron chi connectivity index (χ0n) is 17.9. The number of nitrogens with one attached hydrogen (secondary N) is 2. The second-order valence-corrected chi connectivity index (χ2v) is 9.65. The first-order valence-corrected chi connectivity index (χ1v) is 11.8. The van der Waals surface area contributed by atoms with Crippen LogP contribution in [0.1, 0.15) is 12.8 Å². The Morgan fingerprint density at radius 2 is 1.94 bits per heavy atom. The number of fused-ring (bicyclic) bond motifs is 2. The number of aromatic nitrogens is 2. The van der Waals surface area contributed by atoms with E-state index in [9.17, 15) is 4.39 Å². The number of hydrogen-bond acceptors (Lipinski definition) is 6. The summed E-state index contributed by atoms with van der Waals surface area (Å²) in [6, 6.07) is 6.94. The second kappa shape index (κ2) is 10.3. The highest BCUT2D eigenvalue weighted by Gasteiger charge is 2.37. The van der Waals surface area contributed by atoms with Crippen LogP contribution in [0.2, 0.25) is 5.02 Å². The fourth-order valence-electron chi connectivity index (χ4n) is 4.82. The van der Waals surface area contributed by atoms with Gasteiger partial charge in [0.25, 0.3) is 0 Å². The molecule has 1 aromatic heterocycles. The summed E-state index contributed by atoms with van der Waals surface area (Å²) in [5, 5.41) is 7.19. The van der Waals surface area contributed by atoms with Crippen molar-refractivity contribution in [2.75, 3.05) is 32.1 Å². The van der Waals surface area contributed by atoms with Crippen molar-refractivity contribution in [2.45, 2.75) is 12.8 Å². The number of halogens is 4. The molecule has 1 aliphatic heterocycles. The number of methoxy groups -OCH3 is 1. The van der Waals surface area contributed by atoms with Crippen molar-refractivity contribution >= 4 is 66.9 Å². The molecule has 0 unspecified atom stereocenters. The molecular formula is C23H24Br2ClFN4O2. The number of nitrogens with zero attached hydrogens (tertiary/aromatic N) is 2. The molecule has 2 aromatic carbocycles. The van der Waals surface area contributed by atoms with Gasteiger partial charge >= 0.3 is 0 Å².